The number of nitrogens with zero attached hydrogens (tertiary/aromatic N) is 4. The standard InChI is InChI=1S/C19H25N7OS/c1-11-5-6-14-16(23-11)15(17(21)28-14)18(27)24-13-10-22-25(2)19(13)26-8-3-4-12(20)7-9-26/h5-6,10,12H,3-4,7-9,20-21H2,1-2H3,(H,24,27)/t12-/m0/s1. The molecule has 5 N–H and O–H groups in total. The van der Waals surface area contributed by atoms with Gasteiger partial charge in [-0.2, -0.15) is 5.10 Å². The van der Waals surface area contributed by atoms with Gasteiger partial charge < -0.3 is 21.7 Å². The Morgan fingerprint density at radius 2 is 2.14 bits per heavy atom. The number of rotatable bonds is 3. The molecule has 0 unspecified atom stereocenters. The number of aromatic nitrogens is 3. The lowest BCUT2D eigenvalue weighted by Gasteiger charge is -2.24. The first-order valence-electron chi connectivity index (χ1n) is 9.43. The predicted molar refractivity (Wildman–Crippen MR) is 114 cm³/mol. The van der Waals surface area contributed by atoms with Gasteiger partial charge >= 0.3 is 0 Å². The number of aryl methyl sites for hydroxylation is 2. The number of hydrogen-bond donors (Lipinski definition) is 3. The Kier molecular flexibility index (Phi) is 4.94. The Morgan fingerprint density at radius 3 is 2.96 bits per heavy atom. The molecule has 28 heavy (non-hydrogen) atoms. The molecule has 0 aromatic carbocycles. The van der Waals surface area contributed by atoms with Crippen LogP contribution >= 0.6 is 11.3 Å². The van der Waals surface area contributed by atoms with Crippen LogP contribution in [0.2, 0.25) is 0 Å². The zero-order valence-electron chi connectivity index (χ0n) is 16.1. The molecule has 1 saturated heterocycles. The minimum atomic E-state index is -0.261. The zero-order chi connectivity index (χ0) is 19.8. The molecule has 0 saturated carbocycles. The first kappa shape index (κ1) is 18.7. The van der Waals surface area contributed by atoms with Gasteiger partial charge in [-0.25, -0.2) is 0 Å². The van der Waals surface area contributed by atoms with Gasteiger partial charge in [-0.3, -0.25) is 14.5 Å². The highest BCUT2D eigenvalue weighted by Crippen LogP contribution is 2.34. The molecule has 0 radical (unpaired) electrons. The van der Waals surface area contributed by atoms with Gasteiger partial charge in [0.25, 0.3) is 5.91 Å². The lowest BCUT2D eigenvalue weighted by molar-refractivity contribution is 0.102. The van der Waals surface area contributed by atoms with Crippen molar-refractivity contribution >= 4 is 44.0 Å². The molecule has 0 aliphatic carbocycles. The fourth-order valence-corrected chi connectivity index (χ4v) is 4.63. The van der Waals surface area contributed by atoms with E-state index in [2.05, 4.69) is 20.3 Å². The Bertz CT molecular complexity index is 1020. The molecule has 3 aromatic heterocycles. The number of nitrogens with two attached hydrogens (primary N) is 2. The molecule has 9 heteroatoms. The summed E-state index contributed by atoms with van der Waals surface area (Å²) >= 11 is 1.38. The second-order valence-corrected chi connectivity index (χ2v) is 8.36. The van der Waals surface area contributed by atoms with Crippen LogP contribution in [0.5, 0.6) is 0 Å². The molecular weight excluding hydrogens is 374 g/mol. The third-order valence-electron chi connectivity index (χ3n) is 5.16. The third kappa shape index (κ3) is 3.43. The predicted octanol–water partition coefficient (Wildman–Crippen LogP) is 2.49. The van der Waals surface area contributed by atoms with Crippen molar-refractivity contribution in [3.05, 3.63) is 29.6 Å². The molecule has 0 spiro atoms. The van der Waals surface area contributed by atoms with Crippen molar-refractivity contribution in [2.75, 3.05) is 29.0 Å². The maximum atomic E-state index is 13.1. The molecule has 4 rings (SSSR count). The van der Waals surface area contributed by atoms with Gasteiger partial charge in [-0.1, -0.05) is 0 Å². The van der Waals surface area contributed by atoms with Crippen molar-refractivity contribution in [2.45, 2.75) is 32.2 Å². The van der Waals surface area contributed by atoms with E-state index < -0.39 is 0 Å². The molecule has 1 fully saturated rings. The number of carbonyl (C=O) groups excluding carboxylic acids is 1. The van der Waals surface area contributed by atoms with Crippen LogP contribution < -0.4 is 21.7 Å². The fraction of sp³-hybridized carbons (Fsp3) is 0.421. The van der Waals surface area contributed by atoms with Crippen LogP contribution in [0.1, 0.15) is 35.3 Å². The van der Waals surface area contributed by atoms with Crippen LogP contribution in [0, 0.1) is 6.92 Å². The van der Waals surface area contributed by atoms with Gasteiger partial charge in [0.15, 0.2) is 5.82 Å². The highest BCUT2D eigenvalue weighted by Gasteiger charge is 2.24. The maximum Gasteiger partial charge on any atom is 0.261 e. The van der Waals surface area contributed by atoms with E-state index >= 15 is 0 Å². The van der Waals surface area contributed by atoms with Crippen LogP contribution in [0.15, 0.2) is 18.3 Å². The molecule has 148 valence electrons. The summed E-state index contributed by atoms with van der Waals surface area (Å²) in [7, 11) is 1.88. The number of nitrogens with one attached hydrogen (secondary N) is 1. The van der Waals surface area contributed by atoms with E-state index in [0.29, 0.717) is 21.8 Å². The Morgan fingerprint density at radius 1 is 1.32 bits per heavy atom. The monoisotopic (exact) mass is 399 g/mol. The molecule has 1 aliphatic rings. The average Bonchev–Trinajstić information content (AvgIpc) is 3.07. The number of thiophene rings is 1. The van der Waals surface area contributed by atoms with Gasteiger partial charge in [-0.15, -0.1) is 11.3 Å². The number of nitrogen functional groups attached to an aromatic ring is 1. The van der Waals surface area contributed by atoms with Gasteiger partial charge in [-0.05, 0) is 38.3 Å². The molecule has 3 aromatic rings. The topological polar surface area (TPSA) is 115 Å². The summed E-state index contributed by atoms with van der Waals surface area (Å²) in [5.41, 5.74) is 14.9. The Balaban J connectivity index is 1.65. The van der Waals surface area contributed by atoms with Crippen molar-refractivity contribution in [2.24, 2.45) is 12.8 Å². The Hall–Kier alpha value is -2.65. The van der Waals surface area contributed by atoms with E-state index in [-0.39, 0.29) is 11.9 Å². The summed E-state index contributed by atoms with van der Waals surface area (Å²) in [5, 5.41) is 7.84. The molecule has 0 bridgehead atoms. The maximum absolute atomic E-state index is 13.1. The highest BCUT2D eigenvalue weighted by molar-refractivity contribution is 7.23. The minimum Gasteiger partial charge on any atom is -0.390 e. The number of anilines is 3. The number of fused-ring (bicyclic) bond motifs is 1. The van der Waals surface area contributed by atoms with Crippen molar-refractivity contribution in [1.29, 1.82) is 0 Å². The van der Waals surface area contributed by atoms with Crippen LogP contribution in [-0.4, -0.2) is 39.8 Å². The number of amides is 1. The third-order valence-corrected chi connectivity index (χ3v) is 6.13. The van der Waals surface area contributed by atoms with Crippen molar-refractivity contribution in [3.63, 3.8) is 0 Å². The molecule has 1 amide bonds. The fourth-order valence-electron chi connectivity index (χ4n) is 3.72. The van der Waals surface area contributed by atoms with E-state index in [0.717, 1.165) is 48.6 Å². The quantitative estimate of drug-likeness (QED) is 0.623. The smallest absolute Gasteiger partial charge is 0.261 e. The summed E-state index contributed by atoms with van der Waals surface area (Å²) in [4.78, 5) is 19.9. The largest absolute Gasteiger partial charge is 0.390 e. The normalized spacial score (nSPS) is 17.7. The van der Waals surface area contributed by atoms with E-state index in [1.54, 1.807) is 10.9 Å². The Labute approximate surface area is 167 Å². The molecular formula is C19H25N7OS. The van der Waals surface area contributed by atoms with E-state index in [4.69, 9.17) is 11.5 Å². The second-order valence-electron chi connectivity index (χ2n) is 7.28. The second kappa shape index (κ2) is 7.40. The van der Waals surface area contributed by atoms with Crippen molar-refractivity contribution < 1.29 is 4.79 Å². The zero-order valence-corrected chi connectivity index (χ0v) is 16.9. The van der Waals surface area contributed by atoms with Crippen LogP contribution in [-0.2, 0) is 7.05 Å². The van der Waals surface area contributed by atoms with Crippen LogP contribution in [0.3, 0.4) is 0 Å². The summed E-state index contributed by atoms with van der Waals surface area (Å²) in [6.45, 7) is 3.63. The molecule has 1 atom stereocenters. The van der Waals surface area contributed by atoms with Crippen molar-refractivity contribution in [3.8, 4) is 0 Å². The van der Waals surface area contributed by atoms with E-state index in [9.17, 15) is 4.79 Å². The van der Waals surface area contributed by atoms with Gasteiger partial charge in [0, 0.05) is 31.9 Å². The SMILES string of the molecule is Cc1ccc2sc(N)c(C(=O)Nc3cnn(C)c3N3CCC[C@H](N)CC3)c2n1. The minimum absolute atomic E-state index is 0.225. The highest BCUT2D eigenvalue weighted by atomic mass is 32.1. The lowest BCUT2D eigenvalue weighted by atomic mass is 10.1. The number of carbonyl (C=O) groups is 1. The van der Waals surface area contributed by atoms with Crippen molar-refractivity contribution in [1.82, 2.24) is 14.8 Å². The lowest BCUT2D eigenvalue weighted by Crippen LogP contribution is -2.29. The van der Waals surface area contributed by atoms with Crippen LogP contribution in [0.4, 0.5) is 16.5 Å². The number of hydrogen-bond acceptors (Lipinski definition) is 7. The molecule has 4 heterocycles. The summed E-state index contributed by atoms with van der Waals surface area (Å²) in [5.74, 6) is 0.632. The molecule has 8 nitrogen and oxygen atoms in total. The summed E-state index contributed by atoms with van der Waals surface area (Å²) in [6, 6.07) is 4.09. The van der Waals surface area contributed by atoms with E-state index in [1.165, 1.54) is 11.3 Å². The molecule has 1 aliphatic heterocycles. The van der Waals surface area contributed by atoms with Gasteiger partial charge in [0.1, 0.15) is 16.3 Å². The summed E-state index contributed by atoms with van der Waals surface area (Å²) in [6.07, 6.45) is 4.63. The first-order chi connectivity index (χ1) is 13.4. The number of pyridine rings is 1. The van der Waals surface area contributed by atoms with Crippen LogP contribution in [0.25, 0.3) is 10.2 Å². The van der Waals surface area contributed by atoms with E-state index in [1.807, 2.05) is 26.1 Å². The van der Waals surface area contributed by atoms with Gasteiger partial charge in [0.05, 0.1) is 16.4 Å². The average molecular weight is 400 g/mol. The summed E-state index contributed by atoms with van der Waals surface area (Å²) < 4.78 is 2.70. The first-order valence-corrected chi connectivity index (χ1v) is 10.2. The van der Waals surface area contributed by atoms with Gasteiger partial charge in [0.2, 0.25) is 0 Å².